The first-order chi connectivity index (χ1) is 6.72. The molecule has 1 rings (SSSR count). The van der Waals surface area contributed by atoms with Crippen molar-refractivity contribution in [2.45, 2.75) is 25.7 Å². The van der Waals surface area contributed by atoms with Gasteiger partial charge in [0.1, 0.15) is 0 Å². The minimum absolute atomic E-state index is 0.146. The summed E-state index contributed by atoms with van der Waals surface area (Å²) < 4.78 is 0. The summed E-state index contributed by atoms with van der Waals surface area (Å²) in [4.78, 5) is 12.9. The van der Waals surface area contributed by atoms with Crippen LogP contribution < -0.4 is 5.73 Å². The number of nitrogens with two attached hydrogens (primary N) is 1. The van der Waals surface area contributed by atoms with Gasteiger partial charge in [-0.15, -0.1) is 0 Å². The van der Waals surface area contributed by atoms with Gasteiger partial charge >= 0.3 is 5.97 Å². The number of hydrogen-bond donors (Lipinski definition) is 2. The van der Waals surface area contributed by atoms with Crippen LogP contribution in [0.15, 0.2) is 0 Å². The zero-order chi connectivity index (χ0) is 10.4. The van der Waals surface area contributed by atoms with Gasteiger partial charge in [-0.05, 0) is 51.4 Å². The van der Waals surface area contributed by atoms with Gasteiger partial charge in [-0.3, -0.25) is 4.79 Å². The third kappa shape index (κ3) is 4.07. The van der Waals surface area contributed by atoms with Crippen molar-refractivity contribution in [3.63, 3.8) is 0 Å². The van der Waals surface area contributed by atoms with E-state index < -0.39 is 5.97 Å². The monoisotopic (exact) mass is 200 g/mol. The normalized spacial score (nSPS) is 19.8. The fourth-order valence-electron chi connectivity index (χ4n) is 1.92. The summed E-state index contributed by atoms with van der Waals surface area (Å²) in [5.74, 6) is -0.588. The molecular weight excluding hydrogens is 180 g/mol. The molecular formula is C10H20N2O2. The average Bonchev–Trinajstić information content (AvgIpc) is 2.64. The van der Waals surface area contributed by atoms with Gasteiger partial charge in [0.25, 0.3) is 0 Å². The van der Waals surface area contributed by atoms with Crippen LogP contribution in [0.3, 0.4) is 0 Å². The number of nitrogens with zero attached hydrogens (tertiary/aromatic N) is 1. The molecule has 4 nitrogen and oxygen atoms in total. The smallest absolute Gasteiger partial charge is 0.303 e. The molecule has 0 saturated carbocycles. The molecule has 1 heterocycles. The van der Waals surface area contributed by atoms with Gasteiger partial charge in [0.15, 0.2) is 0 Å². The van der Waals surface area contributed by atoms with Gasteiger partial charge in [-0.2, -0.15) is 0 Å². The van der Waals surface area contributed by atoms with Crippen LogP contribution in [-0.2, 0) is 4.79 Å². The van der Waals surface area contributed by atoms with Crippen LogP contribution in [0.4, 0.5) is 0 Å². The van der Waals surface area contributed by atoms with Gasteiger partial charge in [0, 0.05) is 6.42 Å². The molecule has 0 bridgehead atoms. The summed E-state index contributed by atoms with van der Waals surface area (Å²) in [5, 5.41) is 8.64. The summed E-state index contributed by atoms with van der Waals surface area (Å²) in [6.45, 7) is 3.84. The number of carboxylic acid groups (broad SMARTS) is 1. The number of likely N-dealkylation sites (tertiary alicyclic amines) is 1. The SMILES string of the molecule is NCC(CCN1CCCC1)CC(=O)O. The Labute approximate surface area is 85.1 Å². The molecule has 4 heteroatoms. The molecule has 0 aromatic heterocycles. The highest BCUT2D eigenvalue weighted by Gasteiger charge is 2.15. The molecule has 1 saturated heterocycles. The second-order valence-electron chi connectivity index (χ2n) is 4.04. The van der Waals surface area contributed by atoms with E-state index in [0.717, 1.165) is 13.0 Å². The third-order valence-corrected chi connectivity index (χ3v) is 2.85. The van der Waals surface area contributed by atoms with E-state index in [0.29, 0.717) is 6.54 Å². The van der Waals surface area contributed by atoms with E-state index in [2.05, 4.69) is 4.90 Å². The molecule has 0 amide bonds. The van der Waals surface area contributed by atoms with Crippen molar-refractivity contribution in [1.82, 2.24) is 4.90 Å². The zero-order valence-corrected chi connectivity index (χ0v) is 8.61. The van der Waals surface area contributed by atoms with Gasteiger partial charge in [-0.25, -0.2) is 0 Å². The van der Waals surface area contributed by atoms with Crippen LogP contribution in [0.2, 0.25) is 0 Å². The Kier molecular flexibility index (Phi) is 4.90. The van der Waals surface area contributed by atoms with E-state index >= 15 is 0 Å². The number of carboxylic acids is 1. The van der Waals surface area contributed by atoms with Crippen molar-refractivity contribution in [3.8, 4) is 0 Å². The number of rotatable bonds is 6. The summed E-state index contributed by atoms with van der Waals surface area (Å²) in [5.41, 5.74) is 5.52. The standard InChI is InChI=1S/C10H20N2O2/c11-8-9(7-10(13)14)3-6-12-4-1-2-5-12/h9H,1-8,11H2,(H,13,14). The predicted octanol–water partition coefficient (Wildman–Crippen LogP) is 0.522. The first-order valence-corrected chi connectivity index (χ1v) is 5.36. The lowest BCUT2D eigenvalue weighted by Gasteiger charge is -2.18. The maximum atomic E-state index is 10.5. The van der Waals surface area contributed by atoms with Crippen molar-refractivity contribution in [3.05, 3.63) is 0 Å². The minimum atomic E-state index is -0.734. The quantitative estimate of drug-likeness (QED) is 0.656. The molecule has 1 atom stereocenters. The second kappa shape index (κ2) is 5.98. The maximum absolute atomic E-state index is 10.5. The zero-order valence-electron chi connectivity index (χ0n) is 8.61. The molecule has 0 spiro atoms. The largest absolute Gasteiger partial charge is 0.481 e. The first kappa shape index (κ1) is 11.5. The fraction of sp³-hybridized carbons (Fsp3) is 0.900. The molecule has 3 N–H and O–H groups in total. The van der Waals surface area contributed by atoms with Gasteiger partial charge < -0.3 is 15.7 Å². The van der Waals surface area contributed by atoms with Crippen LogP contribution in [0, 0.1) is 5.92 Å². The van der Waals surface area contributed by atoms with E-state index in [1.807, 2.05) is 0 Å². The van der Waals surface area contributed by atoms with Gasteiger partial charge in [0.2, 0.25) is 0 Å². The number of carbonyl (C=O) groups is 1. The molecule has 0 aromatic rings. The average molecular weight is 200 g/mol. The minimum Gasteiger partial charge on any atom is -0.481 e. The van der Waals surface area contributed by atoms with Crippen molar-refractivity contribution in [2.75, 3.05) is 26.2 Å². The highest BCUT2D eigenvalue weighted by atomic mass is 16.4. The van der Waals surface area contributed by atoms with E-state index in [9.17, 15) is 4.79 Å². The fourth-order valence-corrected chi connectivity index (χ4v) is 1.92. The molecule has 0 radical (unpaired) electrons. The Morgan fingerprint density at radius 1 is 1.43 bits per heavy atom. The van der Waals surface area contributed by atoms with E-state index in [1.165, 1.54) is 25.9 Å². The van der Waals surface area contributed by atoms with E-state index in [1.54, 1.807) is 0 Å². The highest BCUT2D eigenvalue weighted by Crippen LogP contribution is 2.12. The van der Waals surface area contributed by atoms with Crippen LogP contribution in [0.1, 0.15) is 25.7 Å². The Balaban J connectivity index is 2.15. The Hall–Kier alpha value is -0.610. The van der Waals surface area contributed by atoms with Crippen molar-refractivity contribution in [2.24, 2.45) is 11.7 Å². The number of aliphatic carboxylic acids is 1. The van der Waals surface area contributed by atoms with Crippen LogP contribution >= 0.6 is 0 Å². The molecule has 0 aromatic carbocycles. The highest BCUT2D eigenvalue weighted by molar-refractivity contribution is 5.67. The lowest BCUT2D eigenvalue weighted by atomic mass is 10.0. The van der Waals surface area contributed by atoms with Gasteiger partial charge in [0.05, 0.1) is 0 Å². The molecule has 1 aliphatic rings. The van der Waals surface area contributed by atoms with Gasteiger partial charge in [-0.1, -0.05) is 0 Å². The second-order valence-corrected chi connectivity index (χ2v) is 4.04. The lowest BCUT2D eigenvalue weighted by molar-refractivity contribution is -0.138. The topological polar surface area (TPSA) is 66.6 Å². The molecule has 1 aliphatic heterocycles. The molecule has 0 aliphatic carbocycles. The third-order valence-electron chi connectivity index (χ3n) is 2.85. The van der Waals surface area contributed by atoms with Crippen LogP contribution in [0.5, 0.6) is 0 Å². The maximum Gasteiger partial charge on any atom is 0.303 e. The Bertz CT molecular complexity index is 179. The van der Waals surface area contributed by atoms with Crippen LogP contribution in [-0.4, -0.2) is 42.2 Å². The lowest BCUT2D eigenvalue weighted by Crippen LogP contribution is -2.26. The van der Waals surface area contributed by atoms with E-state index in [4.69, 9.17) is 10.8 Å². The first-order valence-electron chi connectivity index (χ1n) is 5.36. The molecule has 14 heavy (non-hydrogen) atoms. The van der Waals surface area contributed by atoms with Crippen molar-refractivity contribution < 1.29 is 9.90 Å². The van der Waals surface area contributed by atoms with E-state index in [-0.39, 0.29) is 12.3 Å². The summed E-state index contributed by atoms with van der Waals surface area (Å²) in [6.07, 6.45) is 3.70. The van der Waals surface area contributed by atoms with Crippen LogP contribution in [0.25, 0.3) is 0 Å². The van der Waals surface area contributed by atoms with Crippen molar-refractivity contribution in [1.29, 1.82) is 0 Å². The summed E-state index contributed by atoms with van der Waals surface area (Å²) in [7, 11) is 0. The molecule has 82 valence electrons. The summed E-state index contributed by atoms with van der Waals surface area (Å²) in [6, 6.07) is 0. The molecule has 1 unspecified atom stereocenters. The Morgan fingerprint density at radius 2 is 2.07 bits per heavy atom. The Morgan fingerprint density at radius 3 is 2.57 bits per heavy atom. The number of hydrogen-bond acceptors (Lipinski definition) is 3. The molecule has 1 fully saturated rings. The van der Waals surface area contributed by atoms with Crippen molar-refractivity contribution >= 4 is 5.97 Å². The summed E-state index contributed by atoms with van der Waals surface area (Å²) >= 11 is 0. The predicted molar refractivity (Wildman–Crippen MR) is 55.1 cm³/mol.